The van der Waals surface area contributed by atoms with Gasteiger partial charge in [-0.3, -0.25) is 24.1 Å². The van der Waals surface area contributed by atoms with E-state index in [0.717, 1.165) is 17.6 Å². The lowest BCUT2D eigenvalue weighted by Gasteiger charge is -2.44. The number of anilines is 1. The average Bonchev–Trinajstić information content (AvgIpc) is 3.21. The van der Waals surface area contributed by atoms with Gasteiger partial charge >= 0.3 is 11.9 Å². The quantitative estimate of drug-likeness (QED) is 0.408. The molecule has 3 atom stereocenters. The van der Waals surface area contributed by atoms with E-state index < -0.39 is 23.9 Å². The summed E-state index contributed by atoms with van der Waals surface area (Å²) >= 11 is 0. The third-order valence-electron chi connectivity index (χ3n) is 6.97. The zero-order valence-corrected chi connectivity index (χ0v) is 18.9. The van der Waals surface area contributed by atoms with E-state index in [1.165, 1.54) is 0 Å². The monoisotopic (exact) mass is 478 g/mol. The summed E-state index contributed by atoms with van der Waals surface area (Å²) in [6, 6.07) is 9.55. The minimum Gasteiger partial charge on any atom is -0.481 e. The van der Waals surface area contributed by atoms with Crippen LogP contribution in [0.25, 0.3) is 10.9 Å². The summed E-state index contributed by atoms with van der Waals surface area (Å²) in [7, 11) is 0. The van der Waals surface area contributed by atoms with Gasteiger partial charge < -0.3 is 25.1 Å². The number of carboxylic acids is 2. The number of carboxylic acid groups (broad SMARTS) is 2. The maximum Gasteiger partial charge on any atom is 0.325 e. The molecule has 35 heavy (non-hydrogen) atoms. The second-order valence-electron chi connectivity index (χ2n) is 9.34. The number of aromatic nitrogens is 2. The molecule has 4 heterocycles. The number of nitrogens with zero attached hydrogens (tertiary/aromatic N) is 2. The van der Waals surface area contributed by atoms with E-state index in [2.05, 4.69) is 10.3 Å². The van der Waals surface area contributed by atoms with Crippen LogP contribution in [0.15, 0.2) is 47.4 Å². The van der Waals surface area contributed by atoms with Gasteiger partial charge in [-0.05, 0) is 36.6 Å². The number of benzene rings is 1. The van der Waals surface area contributed by atoms with Gasteiger partial charge in [-0.1, -0.05) is 6.07 Å². The summed E-state index contributed by atoms with van der Waals surface area (Å²) < 4.78 is 1.82. The van der Waals surface area contributed by atoms with E-state index in [1.54, 1.807) is 36.5 Å². The SMILES string of the molecule is O=C(O)CCC(=O)Nc1ccc2[nH]cc([C@@H](C(=O)O)N3C[C@H]4C[C@H](C3)c3cccc(=O)n3C4)c2c1. The molecule has 0 aliphatic carbocycles. The lowest BCUT2D eigenvalue weighted by atomic mass is 9.82. The molecule has 0 saturated carbocycles. The number of pyridine rings is 1. The number of carbonyl (C=O) groups is 3. The van der Waals surface area contributed by atoms with Crippen LogP contribution in [0.1, 0.15) is 42.5 Å². The maximum absolute atomic E-state index is 12.5. The van der Waals surface area contributed by atoms with Gasteiger partial charge in [0.05, 0.1) is 6.42 Å². The van der Waals surface area contributed by atoms with Crippen molar-refractivity contribution in [2.75, 3.05) is 18.4 Å². The number of aromatic amines is 1. The van der Waals surface area contributed by atoms with Crippen LogP contribution in [0, 0.1) is 5.92 Å². The van der Waals surface area contributed by atoms with Crippen molar-refractivity contribution >= 4 is 34.4 Å². The van der Waals surface area contributed by atoms with Crippen molar-refractivity contribution in [2.24, 2.45) is 5.92 Å². The Balaban J connectivity index is 1.43. The molecule has 0 unspecified atom stereocenters. The zero-order valence-electron chi connectivity index (χ0n) is 18.9. The van der Waals surface area contributed by atoms with Crippen LogP contribution in [-0.4, -0.2) is 55.6 Å². The van der Waals surface area contributed by atoms with Gasteiger partial charge in [0.25, 0.3) is 5.56 Å². The highest BCUT2D eigenvalue weighted by atomic mass is 16.4. The second kappa shape index (κ2) is 9.03. The highest BCUT2D eigenvalue weighted by Gasteiger charge is 2.40. The smallest absolute Gasteiger partial charge is 0.325 e. The van der Waals surface area contributed by atoms with E-state index in [1.807, 2.05) is 15.5 Å². The minimum absolute atomic E-state index is 0.0185. The molecule has 1 amide bonds. The Labute approximate surface area is 200 Å². The van der Waals surface area contributed by atoms with Gasteiger partial charge in [0.2, 0.25) is 5.91 Å². The van der Waals surface area contributed by atoms with Crippen molar-refractivity contribution in [1.29, 1.82) is 0 Å². The largest absolute Gasteiger partial charge is 0.481 e. The molecular weight excluding hydrogens is 452 g/mol. The van der Waals surface area contributed by atoms with Crippen LogP contribution >= 0.6 is 0 Å². The fourth-order valence-corrected chi connectivity index (χ4v) is 5.52. The van der Waals surface area contributed by atoms with E-state index in [9.17, 15) is 24.3 Å². The molecule has 1 aromatic carbocycles. The number of piperidine rings is 1. The summed E-state index contributed by atoms with van der Waals surface area (Å²) in [6.45, 7) is 1.66. The van der Waals surface area contributed by atoms with Crippen molar-refractivity contribution in [1.82, 2.24) is 14.5 Å². The lowest BCUT2D eigenvalue weighted by molar-refractivity contribution is -0.145. The van der Waals surface area contributed by atoms with Crippen LogP contribution in [-0.2, 0) is 20.9 Å². The second-order valence-corrected chi connectivity index (χ2v) is 9.34. The number of amides is 1. The molecule has 0 spiro atoms. The highest BCUT2D eigenvalue weighted by molar-refractivity contribution is 5.96. The van der Waals surface area contributed by atoms with Gasteiger partial charge in [-0.25, -0.2) is 0 Å². The zero-order chi connectivity index (χ0) is 24.7. The molecule has 10 nitrogen and oxygen atoms in total. The third kappa shape index (κ3) is 4.44. The Morgan fingerprint density at radius 3 is 2.69 bits per heavy atom. The number of aliphatic carboxylic acids is 2. The Kier molecular flexibility index (Phi) is 5.89. The topological polar surface area (TPSA) is 145 Å². The molecule has 1 saturated heterocycles. The number of H-pyrrole nitrogens is 1. The van der Waals surface area contributed by atoms with Crippen molar-refractivity contribution in [3.63, 3.8) is 0 Å². The number of likely N-dealkylation sites (tertiary alicyclic amines) is 1. The minimum atomic E-state index is -1.05. The summed E-state index contributed by atoms with van der Waals surface area (Å²) in [6.07, 6.45) is 2.21. The van der Waals surface area contributed by atoms with Crippen molar-refractivity contribution in [3.05, 3.63) is 64.2 Å². The van der Waals surface area contributed by atoms with Crippen molar-refractivity contribution in [3.8, 4) is 0 Å². The molecule has 5 rings (SSSR count). The number of fused-ring (bicyclic) bond motifs is 5. The van der Waals surface area contributed by atoms with Crippen LogP contribution in [0.5, 0.6) is 0 Å². The van der Waals surface area contributed by atoms with Crippen LogP contribution in [0.2, 0.25) is 0 Å². The predicted molar refractivity (Wildman–Crippen MR) is 127 cm³/mol. The fraction of sp³-hybridized carbons (Fsp3) is 0.360. The molecule has 1 fully saturated rings. The van der Waals surface area contributed by atoms with Crippen LogP contribution in [0.4, 0.5) is 5.69 Å². The van der Waals surface area contributed by atoms with Gasteiger partial charge in [0, 0.05) is 72.1 Å². The Hall–Kier alpha value is -3.92. The number of nitrogens with one attached hydrogen (secondary N) is 2. The standard InChI is InChI=1S/C25H26N4O6/c30-21(6-7-23(32)33)27-16-4-5-19-17(9-16)18(10-26-19)24(25(34)35)28-11-14-8-15(13-28)20-2-1-3-22(31)29(20)12-14/h1-5,9-10,14-15,24,26H,6-8,11-13H2,(H,27,30)(H,32,33)(H,34,35)/t14-,15-,24+/m1/s1. The first-order valence-corrected chi connectivity index (χ1v) is 11.6. The van der Waals surface area contributed by atoms with Crippen LogP contribution < -0.4 is 10.9 Å². The van der Waals surface area contributed by atoms with E-state index in [0.29, 0.717) is 36.3 Å². The van der Waals surface area contributed by atoms with E-state index in [4.69, 9.17) is 5.11 Å². The molecule has 10 heteroatoms. The Morgan fingerprint density at radius 1 is 1.09 bits per heavy atom. The van der Waals surface area contributed by atoms with Crippen LogP contribution in [0.3, 0.4) is 0 Å². The first-order valence-electron chi connectivity index (χ1n) is 11.6. The molecule has 0 radical (unpaired) electrons. The average molecular weight is 479 g/mol. The normalized spacial score (nSPS) is 20.2. The molecule has 3 aromatic rings. The van der Waals surface area contributed by atoms with Gasteiger partial charge in [-0.2, -0.15) is 0 Å². The first kappa shape index (κ1) is 22.9. The molecule has 2 aliphatic heterocycles. The van der Waals surface area contributed by atoms with E-state index in [-0.39, 0.29) is 30.2 Å². The summed E-state index contributed by atoms with van der Waals surface area (Å²) in [5, 5.41) is 22.4. The molecule has 182 valence electrons. The summed E-state index contributed by atoms with van der Waals surface area (Å²) in [4.78, 5) is 52.8. The van der Waals surface area contributed by atoms with E-state index >= 15 is 0 Å². The highest BCUT2D eigenvalue weighted by Crippen LogP contribution is 2.40. The molecular formula is C25H26N4O6. The third-order valence-corrected chi connectivity index (χ3v) is 6.97. The summed E-state index contributed by atoms with van der Waals surface area (Å²) in [5.74, 6) is -2.18. The number of hydrogen-bond acceptors (Lipinski definition) is 5. The predicted octanol–water partition coefficient (Wildman–Crippen LogP) is 2.38. The summed E-state index contributed by atoms with van der Waals surface area (Å²) in [5.41, 5.74) is 2.74. The molecule has 2 bridgehead atoms. The fourth-order valence-electron chi connectivity index (χ4n) is 5.52. The van der Waals surface area contributed by atoms with Crippen molar-refractivity contribution < 1.29 is 24.6 Å². The molecule has 2 aliphatic rings. The number of hydrogen-bond donors (Lipinski definition) is 4. The maximum atomic E-state index is 12.5. The Morgan fingerprint density at radius 2 is 1.91 bits per heavy atom. The lowest BCUT2D eigenvalue weighted by Crippen LogP contribution is -2.49. The van der Waals surface area contributed by atoms with Crippen molar-refractivity contribution in [2.45, 2.75) is 37.8 Å². The Bertz CT molecular complexity index is 1380. The van der Waals surface area contributed by atoms with Gasteiger partial charge in [-0.15, -0.1) is 0 Å². The van der Waals surface area contributed by atoms with Gasteiger partial charge in [0.15, 0.2) is 0 Å². The molecule has 2 aromatic heterocycles. The first-order chi connectivity index (χ1) is 16.8. The molecule has 4 N–H and O–H groups in total. The number of carbonyl (C=O) groups excluding carboxylic acids is 1. The van der Waals surface area contributed by atoms with Gasteiger partial charge in [0.1, 0.15) is 6.04 Å². The number of rotatable bonds is 7.